The highest BCUT2D eigenvalue weighted by atomic mass is 16.7. The summed E-state index contributed by atoms with van der Waals surface area (Å²) in [5.41, 5.74) is 9.78. The van der Waals surface area contributed by atoms with E-state index in [1.165, 1.54) is 5.57 Å². The maximum Gasteiger partial charge on any atom is 0.215 e. The molecular weight excluding hydrogens is 364 g/mol. The second kappa shape index (κ2) is 7.64. The van der Waals surface area contributed by atoms with E-state index in [0.717, 1.165) is 33.5 Å². The van der Waals surface area contributed by atoms with Crippen LogP contribution in [0.4, 0.5) is 11.4 Å². The van der Waals surface area contributed by atoms with Crippen LogP contribution in [0.1, 0.15) is 19.4 Å². The maximum absolute atomic E-state index is 5.84. The number of anilines is 2. The van der Waals surface area contributed by atoms with Gasteiger partial charge in [-0.25, -0.2) is 4.98 Å². The number of allylic oxidation sites excluding steroid dienone is 1. The summed E-state index contributed by atoms with van der Waals surface area (Å²) in [6, 6.07) is 18.4. The number of para-hydroxylation sites is 1. The Morgan fingerprint density at radius 2 is 1.90 bits per heavy atom. The Bertz CT molecular complexity index is 1070. The highest BCUT2D eigenvalue weighted by Crippen LogP contribution is 2.36. The van der Waals surface area contributed by atoms with Crippen LogP contribution in [0, 0.1) is 0 Å². The molecule has 4 rings (SSSR count). The van der Waals surface area contributed by atoms with Crippen LogP contribution < -0.4 is 15.2 Å². The molecule has 2 heterocycles. The van der Waals surface area contributed by atoms with Crippen LogP contribution in [-0.2, 0) is 4.84 Å². The highest BCUT2D eigenvalue weighted by Gasteiger charge is 2.26. The van der Waals surface area contributed by atoms with E-state index in [1.54, 1.807) is 7.11 Å². The van der Waals surface area contributed by atoms with Crippen LogP contribution in [-0.4, -0.2) is 37.4 Å². The molecule has 6 heteroatoms. The van der Waals surface area contributed by atoms with E-state index in [-0.39, 0.29) is 6.10 Å². The van der Waals surface area contributed by atoms with Crippen molar-refractivity contribution in [2.45, 2.75) is 20.0 Å². The molecule has 3 aromatic rings. The van der Waals surface area contributed by atoms with Gasteiger partial charge in [0, 0.05) is 36.8 Å². The first-order valence-electron chi connectivity index (χ1n) is 9.64. The molecule has 0 fully saturated rings. The molecule has 0 bridgehead atoms. The van der Waals surface area contributed by atoms with Crippen molar-refractivity contribution < 1.29 is 9.57 Å². The minimum Gasteiger partial charge on any atom is -0.481 e. The predicted molar refractivity (Wildman–Crippen MR) is 118 cm³/mol. The van der Waals surface area contributed by atoms with Gasteiger partial charge in [0.2, 0.25) is 5.88 Å². The predicted octanol–water partition coefficient (Wildman–Crippen LogP) is 4.70. The van der Waals surface area contributed by atoms with Crippen molar-refractivity contribution in [3.8, 4) is 5.88 Å². The van der Waals surface area contributed by atoms with Crippen molar-refractivity contribution in [1.82, 2.24) is 10.0 Å². The van der Waals surface area contributed by atoms with E-state index in [2.05, 4.69) is 48.5 Å². The molecule has 0 saturated carbocycles. The van der Waals surface area contributed by atoms with E-state index < -0.39 is 0 Å². The molecule has 1 aromatic heterocycles. The van der Waals surface area contributed by atoms with Crippen molar-refractivity contribution in [3.63, 3.8) is 0 Å². The number of pyridine rings is 1. The van der Waals surface area contributed by atoms with Crippen molar-refractivity contribution in [1.29, 1.82) is 0 Å². The van der Waals surface area contributed by atoms with Gasteiger partial charge < -0.3 is 4.74 Å². The molecule has 1 aliphatic rings. The average molecular weight is 390 g/mol. The maximum atomic E-state index is 5.84. The van der Waals surface area contributed by atoms with Crippen LogP contribution >= 0.6 is 0 Å². The molecule has 0 amide bonds. The fourth-order valence-corrected chi connectivity index (χ4v) is 3.74. The van der Waals surface area contributed by atoms with Crippen molar-refractivity contribution in [3.05, 3.63) is 65.9 Å². The molecule has 0 saturated heterocycles. The molecule has 6 nitrogen and oxygen atoms in total. The SMILES string of the molecule is COc1cc(NN(C)c2ccccc2)c2cc(C3=C(C)N(C)OC3C)ccc2n1. The van der Waals surface area contributed by atoms with Gasteiger partial charge in [0.15, 0.2) is 0 Å². The Balaban J connectivity index is 1.80. The number of aromatic nitrogens is 1. The van der Waals surface area contributed by atoms with E-state index in [0.29, 0.717) is 5.88 Å². The first-order valence-corrected chi connectivity index (χ1v) is 9.64. The van der Waals surface area contributed by atoms with E-state index in [9.17, 15) is 0 Å². The Morgan fingerprint density at radius 1 is 1.14 bits per heavy atom. The summed E-state index contributed by atoms with van der Waals surface area (Å²) in [5, 5.41) is 4.84. The van der Waals surface area contributed by atoms with Gasteiger partial charge in [-0.3, -0.25) is 20.3 Å². The van der Waals surface area contributed by atoms with Gasteiger partial charge in [0.1, 0.15) is 6.10 Å². The third kappa shape index (κ3) is 3.59. The van der Waals surface area contributed by atoms with Gasteiger partial charge >= 0.3 is 0 Å². The molecule has 29 heavy (non-hydrogen) atoms. The summed E-state index contributed by atoms with van der Waals surface area (Å²) in [5.74, 6) is 0.571. The first-order chi connectivity index (χ1) is 14.0. The van der Waals surface area contributed by atoms with Crippen LogP contribution in [0.15, 0.2) is 60.3 Å². The van der Waals surface area contributed by atoms with Gasteiger partial charge in [0.05, 0.1) is 24.0 Å². The average Bonchev–Trinajstić information content (AvgIpc) is 2.99. The zero-order valence-electron chi connectivity index (χ0n) is 17.4. The molecule has 1 unspecified atom stereocenters. The molecule has 1 atom stereocenters. The number of benzene rings is 2. The first kappa shape index (κ1) is 19.1. The van der Waals surface area contributed by atoms with Crippen LogP contribution in [0.2, 0.25) is 0 Å². The normalized spacial score (nSPS) is 16.4. The standard InChI is InChI=1S/C23H26N4O2/c1-15-23(16(2)29-27(15)4)17-11-12-20-19(13-17)21(14-22(24-20)28-5)25-26(3)18-9-7-6-8-10-18/h6-14,16H,1-5H3,(H,24,25). The molecule has 1 N–H and O–H groups in total. The van der Waals surface area contributed by atoms with Gasteiger partial charge in [-0.05, 0) is 43.7 Å². The molecular formula is C23H26N4O2. The van der Waals surface area contributed by atoms with Gasteiger partial charge in [0.25, 0.3) is 0 Å². The number of fused-ring (bicyclic) bond motifs is 1. The Kier molecular flexibility index (Phi) is 5.03. The Hall–Kier alpha value is -3.25. The lowest BCUT2D eigenvalue weighted by atomic mass is 9.98. The van der Waals surface area contributed by atoms with E-state index >= 15 is 0 Å². The summed E-state index contributed by atoms with van der Waals surface area (Å²) in [6.45, 7) is 4.15. The smallest absolute Gasteiger partial charge is 0.215 e. The Morgan fingerprint density at radius 3 is 2.55 bits per heavy atom. The van der Waals surface area contributed by atoms with Crippen LogP contribution in [0.3, 0.4) is 0 Å². The largest absolute Gasteiger partial charge is 0.481 e. The fourth-order valence-electron chi connectivity index (χ4n) is 3.74. The monoisotopic (exact) mass is 390 g/mol. The van der Waals surface area contributed by atoms with Crippen molar-refractivity contribution >= 4 is 27.9 Å². The second-order valence-electron chi connectivity index (χ2n) is 7.19. The summed E-state index contributed by atoms with van der Waals surface area (Å²) in [6.07, 6.45) is 0.00654. The van der Waals surface area contributed by atoms with Crippen LogP contribution in [0.25, 0.3) is 16.5 Å². The summed E-state index contributed by atoms with van der Waals surface area (Å²) in [4.78, 5) is 10.5. The second-order valence-corrected chi connectivity index (χ2v) is 7.19. The van der Waals surface area contributed by atoms with Crippen molar-refractivity contribution in [2.24, 2.45) is 0 Å². The topological polar surface area (TPSA) is 49.9 Å². The number of ether oxygens (including phenoxy) is 1. The van der Waals surface area contributed by atoms with Gasteiger partial charge in [-0.2, -0.15) is 0 Å². The summed E-state index contributed by atoms with van der Waals surface area (Å²) < 4.78 is 5.42. The lowest BCUT2D eigenvalue weighted by molar-refractivity contribution is -0.110. The Labute approximate surface area is 171 Å². The molecule has 2 aromatic carbocycles. The molecule has 0 spiro atoms. The van der Waals surface area contributed by atoms with E-state index in [1.807, 2.05) is 54.5 Å². The fraction of sp³-hybridized carbons (Fsp3) is 0.261. The van der Waals surface area contributed by atoms with Crippen LogP contribution in [0.5, 0.6) is 5.88 Å². The minimum atomic E-state index is 0.00654. The minimum absolute atomic E-state index is 0.00654. The summed E-state index contributed by atoms with van der Waals surface area (Å²) >= 11 is 0. The number of hydrogen-bond acceptors (Lipinski definition) is 6. The zero-order chi connectivity index (χ0) is 20.5. The van der Waals surface area contributed by atoms with Gasteiger partial charge in [-0.15, -0.1) is 0 Å². The quantitative estimate of drug-likeness (QED) is 0.637. The number of hydroxylamine groups is 2. The zero-order valence-corrected chi connectivity index (χ0v) is 17.4. The number of rotatable bonds is 5. The molecule has 0 aliphatic carbocycles. The molecule has 0 radical (unpaired) electrons. The lowest BCUT2D eigenvalue weighted by Gasteiger charge is -2.23. The molecule has 150 valence electrons. The summed E-state index contributed by atoms with van der Waals surface area (Å²) in [7, 11) is 5.56. The number of hydrogen-bond donors (Lipinski definition) is 1. The third-order valence-electron chi connectivity index (χ3n) is 5.32. The lowest BCUT2D eigenvalue weighted by Crippen LogP contribution is -2.24. The highest BCUT2D eigenvalue weighted by molar-refractivity contribution is 5.95. The third-order valence-corrected chi connectivity index (χ3v) is 5.32. The number of hydrazine groups is 1. The van der Waals surface area contributed by atoms with Crippen molar-refractivity contribution in [2.75, 3.05) is 31.6 Å². The number of nitrogens with zero attached hydrogens (tertiary/aromatic N) is 3. The van der Waals surface area contributed by atoms with E-state index in [4.69, 9.17) is 9.57 Å². The molecule has 1 aliphatic heterocycles. The van der Waals surface area contributed by atoms with Gasteiger partial charge in [-0.1, -0.05) is 24.3 Å². The number of methoxy groups -OCH3 is 1. The number of nitrogens with one attached hydrogen (secondary N) is 1.